The molecule has 0 atom stereocenters. The number of hydrogen-bond donors (Lipinski definition) is 0. The van der Waals surface area contributed by atoms with Crippen LogP contribution >= 0.6 is 0 Å². The van der Waals surface area contributed by atoms with Crippen molar-refractivity contribution in [2.24, 2.45) is 0 Å². The van der Waals surface area contributed by atoms with Gasteiger partial charge in [-0.2, -0.15) is 26.3 Å². The van der Waals surface area contributed by atoms with Crippen LogP contribution in [0.4, 0.5) is 26.3 Å². The minimum absolute atomic E-state index is 0.0911. The molecule has 0 bridgehead atoms. The number of halogens is 6. The second-order valence-electron chi connectivity index (χ2n) is 2.69. The molecule has 0 aliphatic heterocycles. The lowest BCUT2D eigenvalue weighted by atomic mass is 10.4. The van der Waals surface area contributed by atoms with Gasteiger partial charge in [0.2, 0.25) is 0 Å². The predicted octanol–water partition coefficient (Wildman–Crippen LogP) is 2.88. The van der Waals surface area contributed by atoms with Gasteiger partial charge in [-0.15, -0.1) is 0 Å². The van der Waals surface area contributed by atoms with Crippen LogP contribution in [0, 0.1) is 0 Å². The molecule has 0 unspecified atom stereocenters. The average molecular weight is 240 g/mol. The second kappa shape index (κ2) is 5.55. The molecule has 0 amide bonds. The van der Waals surface area contributed by atoms with Gasteiger partial charge >= 0.3 is 12.4 Å². The molecular weight excluding hydrogens is 230 g/mol. The highest BCUT2D eigenvalue weighted by Gasteiger charge is 2.32. The van der Waals surface area contributed by atoms with E-state index in [9.17, 15) is 26.3 Å². The number of ether oxygens (including phenoxy) is 2. The molecule has 0 spiro atoms. The number of hydrogen-bond acceptors (Lipinski definition) is 2. The Morgan fingerprint density at radius 3 is 1.40 bits per heavy atom. The molecule has 15 heavy (non-hydrogen) atoms. The minimum Gasteiger partial charge on any atom is -0.343 e. The molecule has 0 aromatic heterocycles. The van der Waals surface area contributed by atoms with Gasteiger partial charge in [-0.1, -0.05) is 6.92 Å². The molecule has 0 aromatic carbocycles. The van der Waals surface area contributed by atoms with Gasteiger partial charge in [0.1, 0.15) is 13.2 Å². The van der Waals surface area contributed by atoms with E-state index in [2.05, 4.69) is 9.47 Å². The lowest BCUT2D eigenvalue weighted by Gasteiger charge is -2.18. The third kappa shape index (κ3) is 9.80. The maximum Gasteiger partial charge on any atom is 0.411 e. The Kier molecular flexibility index (Phi) is 5.36. The first-order valence-corrected chi connectivity index (χ1v) is 4.01. The summed E-state index contributed by atoms with van der Waals surface area (Å²) in [5.74, 6) is 0. The maximum absolute atomic E-state index is 11.6. The molecule has 0 aromatic rings. The predicted molar refractivity (Wildman–Crippen MR) is 38.1 cm³/mol. The van der Waals surface area contributed by atoms with E-state index >= 15 is 0 Å². The number of alkyl halides is 6. The van der Waals surface area contributed by atoms with Crippen LogP contribution in [0.5, 0.6) is 0 Å². The van der Waals surface area contributed by atoms with Crippen molar-refractivity contribution in [1.82, 2.24) is 0 Å². The second-order valence-corrected chi connectivity index (χ2v) is 2.69. The minimum atomic E-state index is -4.57. The maximum atomic E-state index is 11.6. The summed E-state index contributed by atoms with van der Waals surface area (Å²) >= 11 is 0. The first kappa shape index (κ1) is 14.5. The molecule has 0 N–H and O–H groups in total. The van der Waals surface area contributed by atoms with Gasteiger partial charge in [0.25, 0.3) is 0 Å². The third-order valence-corrected chi connectivity index (χ3v) is 1.20. The van der Waals surface area contributed by atoms with Crippen LogP contribution < -0.4 is 0 Å². The topological polar surface area (TPSA) is 18.5 Å². The third-order valence-electron chi connectivity index (χ3n) is 1.20. The summed E-state index contributed by atoms with van der Waals surface area (Å²) in [5, 5.41) is 0. The average Bonchev–Trinajstić information content (AvgIpc) is 2.00. The summed E-state index contributed by atoms with van der Waals surface area (Å²) in [6.45, 7) is -1.88. The van der Waals surface area contributed by atoms with Crippen molar-refractivity contribution >= 4 is 0 Å². The summed E-state index contributed by atoms with van der Waals surface area (Å²) in [6.07, 6.45) is -10.7. The van der Waals surface area contributed by atoms with Crippen LogP contribution in [-0.4, -0.2) is 31.9 Å². The van der Waals surface area contributed by atoms with Crippen LogP contribution in [0.3, 0.4) is 0 Å². The van der Waals surface area contributed by atoms with E-state index in [1.807, 2.05) is 0 Å². The molecule has 8 heteroatoms. The normalized spacial score (nSPS) is 13.6. The molecule has 0 rings (SSSR count). The standard InChI is InChI=1S/C7H10F6O2/c1-2-5(14-3-6(8,9)10)15-4-7(11,12)13/h5H,2-4H2,1H3. The van der Waals surface area contributed by atoms with Gasteiger partial charge < -0.3 is 9.47 Å². The van der Waals surface area contributed by atoms with Crippen LogP contribution in [0.15, 0.2) is 0 Å². The lowest BCUT2D eigenvalue weighted by molar-refractivity contribution is -0.259. The summed E-state index contributed by atoms with van der Waals surface area (Å²) in [4.78, 5) is 0. The smallest absolute Gasteiger partial charge is 0.343 e. The van der Waals surface area contributed by atoms with E-state index in [1.54, 1.807) is 0 Å². The molecule has 0 aliphatic rings. The van der Waals surface area contributed by atoms with E-state index in [-0.39, 0.29) is 6.42 Å². The van der Waals surface area contributed by atoms with E-state index in [1.165, 1.54) is 6.92 Å². The Labute approximate surface area is 82.1 Å². The first-order valence-electron chi connectivity index (χ1n) is 4.01. The monoisotopic (exact) mass is 240 g/mol. The Hall–Kier alpha value is -0.500. The molecule has 0 saturated carbocycles. The van der Waals surface area contributed by atoms with Crippen molar-refractivity contribution < 1.29 is 35.8 Å². The van der Waals surface area contributed by atoms with E-state index in [0.29, 0.717) is 0 Å². The Morgan fingerprint density at radius 2 is 1.20 bits per heavy atom. The Balaban J connectivity index is 3.84. The Morgan fingerprint density at radius 1 is 0.867 bits per heavy atom. The lowest BCUT2D eigenvalue weighted by Crippen LogP contribution is -2.28. The van der Waals surface area contributed by atoms with Gasteiger partial charge in [0, 0.05) is 0 Å². The first-order chi connectivity index (χ1) is 6.64. The SMILES string of the molecule is CCC(OCC(F)(F)F)OCC(F)(F)F. The van der Waals surface area contributed by atoms with Gasteiger partial charge in [-0.3, -0.25) is 0 Å². The van der Waals surface area contributed by atoms with Crippen molar-refractivity contribution in [3.05, 3.63) is 0 Å². The van der Waals surface area contributed by atoms with Gasteiger partial charge in [0.05, 0.1) is 0 Å². The highest BCUT2D eigenvalue weighted by atomic mass is 19.4. The van der Waals surface area contributed by atoms with E-state index in [4.69, 9.17) is 0 Å². The zero-order valence-corrected chi connectivity index (χ0v) is 7.78. The number of rotatable bonds is 5. The van der Waals surface area contributed by atoms with Crippen molar-refractivity contribution in [2.75, 3.05) is 13.2 Å². The fraction of sp³-hybridized carbons (Fsp3) is 1.00. The Bertz CT molecular complexity index is 157. The summed E-state index contributed by atoms with van der Waals surface area (Å²) < 4.78 is 78.0. The fourth-order valence-corrected chi connectivity index (χ4v) is 0.659. The van der Waals surface area contributed by atoms with Crippen LogP contribution in [0.2, 0.25) is 0 Å². The highest BCUT2D eigenvalue weighted by Crippen LogP contribution is 2.19. The van der Waals surface area contributed by atoms with E-state index in [0.717, 1.165) is 0 Å². The van der Waals surface area contributed by atoms with Gasteiger partial charge in [-0.25, -0.2) is 0 Å². The summed E-state index contributed by atoms with van der Waals surface area (Å²) in [5.41, 5.74) is 0. The molecular formula is C7H10F6O2. The van der Waals surface area contributed by atoms with E-state index < -0.39 is 31.9 Å². The zero-order valence-electron chi connectivity index (χ0n) is 7.78. The van der Waals surface area contributed by atoms with Crippen molar-refractivity contribution in [3.63, 3.8) is 0 Å². The molecule has 0 aliphatic carbocycles. The van der Waals surface area contributed by atoms with Crippen LogP contribution in [0.1, 0.15) is 13.3 Å². The molecule has 0 radical (unpaired) electrons. The van der Waals surface area contributed by atoms with Gasteiger partial charge in [-0.05, 0) is 6.42 Å². The van der Waals surface area contributed by atoms with Gasteiger partial charge in [0.15, 0.2) is 6.29 Å². The van der Waals surface area contributed by atoms with Crippen molar-refractivity contribution in [2.45, 2.75) is 32.0 Å². The highest BCUT2D eigenvalue weighted by molar-refractivity contribution is 4.51. The zero-order chi connectivity index (χ0) is 12.1. The largest absolute Gasteiger partial charge is 0.411 e. The molecule has 92 valence electrons. The van der Waals surface area contributed by atoms with Crippen LogP contribution in [-0.2, 0) is 9.47 Å². The molecule has 0 fully saturated rings. The van der Waals surface area contributed by atoms with Crippen molar-refractivity contribution in [1.29, 1.82) is 0 Å². The van der Waals surface area contributed by atoms with Crippen LogP contribution in [0.25, 0.3) is 0 Å². The molecule has 2 nitrogen and oxygen atoms in total. The summed E-state index contributed by atoms with van der Waals surface area (Å²) in [7, 11) is 0. The molecule has 0 saturated heterocycles. The molecule has 0 heterocycles. The quantitative estimate of drug-likeness (QED) is 0.543. The summed E-state index contributed by atoms with van der Waals surface area (Å²) in [6, 6.07) is 0. The van der Waals surface area contributed by atoms with Crippen molar-refractivity contribution in [3.8, 4) is 0 Å². The fourth-order valence-electron chi connectivity index (χ4n) is 0.659.